The van der Waals surface area contributed by atoms with E-state index in [1.807, 2.05) is 39.8 Å². The van der Waals surface area contributed by atoms with Gasteiger partial charge in [0.1, 0.15) is 16.5 Å². The van der Waals surface area contributed by atoms with Gasteiger partial charge in [-0.2, -0.15) is 0 Å². The van der Waals surface area contributed by atoms with E-state index >= 15 is 0 Å². The summed E-state index contributed by atoms with van der Waals surface area (Å²) in [6.45, 7) is 7.68. The van der Waals surface area contributed by atoms with E-state index in [9.17, 15) is 14.7 Å². The van der Waals surface area contributed by atoms with E-state index in [0.717, 1.165) is 11.1 Å². The fourth-order valence-electron chi connectivity index (χ4n) is 4.61. The Bertz CT molecular complexity index is 1500. The molecular weight excluding hydrogens is 541 g/mol. The van der Waals surface area contributed by atoms with Crippen LogP contribution < -0.4 is 19.1 Å². The van der Waals surface area contributed by atoms with Crippen molar-refractivity contribution in [2.24, 2.45) is 0 Å². The van der Waals surface area contributed by atoms with Crippen molar-refractivity contribution in [2.75, 3.05) is 19.1 Å². The van der Waals surface area contributed by atoms with E-state index in [1.54, 1.807) is 30.3 Å². The summed E-state index contributed by atoms with van der Waals surface area (Å²) in [6.07, 6.45) is -0.0980. The van der Waals surface area contributed by atoms with Crippen LogP contribution in [0.5, 0.6) is 17.2 Å². The Labute approximate surface area is 237 Å². The number of ketones is 1. The van der Waals surface area contributed by atoms with E-state index < -0.39 is 23.5 Å². The molecule has 1 unspecified atom stereocenters. The molecule has 0 aliphatic carbocycles. The van der Waals surface area contributed by atoms with Crippen LogP contribution in [0.1, 0.15) is 42.1 Å². The van der Waals surface area contributed by atoms with E-state index in [4.69, 9.17) is 37.4 Å². The largest absolute Gasteiger partial charge is 0.507 e. The van der Waals surface area contributed by atoms with Crippen molar-refractivity contribution in [2.45, 2.75) is 39.8 Å². The molecule has 1 heterocycles. The van der Waals surface area contributed by atoms with E-state index in [1.165, 1.54) is 25.2 Å². The molecule has 0 radical (unpaired) electrons. The highest BCUT2D eigenvalue weighted by Gasteiger charge is 2.47. The van der Waals surface area contributed by atoms with Crippen LogP contribution in [0, 0.1) is 13.8 Å². The fraction of sp³-hybridized carbons (Fsp3) is 0.267. The van der Waals surface area contributed by atoms with Gasteiger partial charge in [-0.05, 0) is 74.7 Å². The van der Waals surface area contributed by atoms with Crippen LogP contribution >= 0.6 is 23.2 Å². The Kier molecular flexibility index (Phi) is 8.14. The van der Waals surface area contributed by atoms with Crippen LogP contribution in [0.4, 0.5) is 5.69 Å². The number of halogens is 2. The number of amides is 1. The molecule has 1 aliphatic heterocycles. The molecule has 1 N–H and O–H groups in total. The number of hydrogen-bond donors (Lipinski definition) is 1. The second kappa shape index (κ2) is 11.2. The predicted molar refractivity (Wildman–Crippen MR) is 152 cm³/mol. The lowest BCUT2D eigenvalue weighted by atomic mass is 9.94. The molecule has 1 fully saturated rings. The lowest BCUT2D eigenvalue weighted by Crippen LogP contribution is -2.29. The molecule has 7 nitrogen and oxygen atoms in total. The molecule has 4 rings (SSSR count). The van der Waals surface area contributed by atoms with Gasteiger partial charge in [0.05, 0.1) is 42.5 Å². The molecule has 39 heavy (non-hydrogen) atoms. The Balaban J connectivity index is 2.02. The topological polar surface area (TPSA) is 85.3 Å². The first-order chi connectivity index (χ1) is 18.5. The zero-order chi connectivity index (χ0) is 28.6. The summed E-state index contributed by atoms with van der Waals surface area (Å²) in [4.78, 5) is 28.6. The number of methoxy groups -OCH3 is 2. The summed E-state index contributed by atoms with van der Waals surface area (Å²) in [5.41, 5.74) is 2.96. The van der Waals surface area contributed by atoms with Crippen molar-refractivity contribution >= 4 is 46.3 Å². The van der Waals surface area contributed by atoms with Crippen LogP contribution in [-0.2, 0) is 9.59 Å². The fourth-order valence-corrected chi connectivity index (χ4v) is 5.30. The van der Waals surface area contributed by atoms with Gasteiger partial charge in [0, 0.05) is 5.69 Å². The number of hydrogen-bond acceptors (Lipinski definition) is 6. The highest BCUT2D eigenvalue weighted by molar-refractivity contribution is 6.52. The number of nitrogens with zero attached hydrogens (tertiary/aromatic N) is 1. The third-order valence-corrected chi connectivity index (χ3v) is 7.18. The highest BCUT2D eigenvalue weighted by Crippen LogP contribution is 2.48. The molecule has 0 saturated carbocycles. The van der Waals surface area contributed by atoms with Crippen LogP contribution in [-0.4, -0.2) is 37.1 Å². The molecule has 1 saturated heterocycles. The minimum Gasteiger partial charge on any atom is -0.507 e. The quantitative estimate of drug-likeness (QED) is 0.186. The smallest absolute Gasteiger partial charge is 0.300 e. The first-order valence-electron chi connectivity index (χ1n) is 12.2. The minimum atomic E-state index is -0.979. The number of carbonyl (C=O) groups is 2. The third kappa shape index (κ3) is 5.16. The summed E-state index contributed by atoms with van der Waals surface area (Å²) in [7, 11) is 2.76. The number of benzene rings is 3. The molecule has 0 spiro atoms. The molecular formula is C30H29Cl2NO6. The molecule has 1 aliphatic rings. The summed E-state index contributed by atoms with van der Waals surface area (Å²) in [5.74, 6) is -1.38. The van der Waals surface area contributed by atoms with Crippen molar-refractivity contribution in [3.8, 4) is 17.2 Å². The number of aliphatic hydroxyl groups is 1. The monoisotopic (exact) mass is 569 g/mol. The third-order valence-electron chi connectivity index (χ3n) is 6.55. The summed E-state index contributed by atoms with van der Waals surface area (Å²) in [5, 5.41) is 11.8. The van der Waals surface area contributed by atoms with Crippen molar-refractivity contribution < 1.29 is 28.9 Å². The van der Waals surface area contributed by atoms with Crippen LogP contribution in [0.25, 0.3) is 5.76 Å². The van der Waals surface area contributed by atoms with E-state index in [0.29, 0.717) is 17.0 Å². The van der Waals surface area contributed by atoms with Gasteiger partial charge in [0.25, 0.3) is 11.7 Å². The molecule has 1 amide bonds. The standard InChI is InChI=1S/C30H29Cl2NO6/c1-15(2)39-20-9-7-8-18(13-20)25-23(26(34)21-14-22(31)29(38-6)24(32)28(21)37-5)27(35)30(36)33(25)19-11-10-16(3)17(4)12-19/h7-15,25,34H,1-6H3/b26-23+. The number of aliphatic hydroxyl groups excluding tert-OH is 1. The van der Waals surface area contributed by atoms with Gasteiger partial charge >= 0.3 is 0 Å². The molecule has 9 heteroatoms. The lowest BCUT2D eigenvalue weighted by Gasteiger charge is -2.26. The predicted octanol–water partition coefficient (Wildman–Crippen LogP) is 7.04. The molecule has 3 aromatic carbocycles. The van der Waals surface area contributed by atoms with E-state index in [-0.39, 0.29) is 38.8 Å². The van der Waals surface area contributed by atoms with Crippen LogP contribution in [0.3, 0.4) is 0 Å². The second-order valence-electron chi connectivity index (χ2n) is 9.46. The normalized spacial score (nSPS) is 16.6. The van der Waals surface area contributed by atoms with Crippen LogP contribution in [0.2, 0.25) is 10.0 Å². The SMILES string of the molecule is COc1c(Cl)cc(/C(O)=C2\C(=O)C(=O)N(c3ccc(C)c(C)c3)C2c2cccc(OC(C)C)c2)c(OC)c1Cl. The average Bonchev–Trinajstić information content (AvgIpc) is 3.15. The van der Waals surface area contributed by atoms with Gasteiger partial charge in [-0.25, -0.2) is 0 Å². The summed E-state index contributed by atoms with van der Waals surface area (Å²) < 4.78 is 16.6. The Morgan fingerprint density at radius 3 is 2.26 bits per heavy atom. The molecule has 3 aromatic rings. The summed E-state index contributed by atoms with van der Waals surface area (Å²) >= 11 is 12.8. The molecule has 204 valence electrons. The van der Waals surface area contributed by atoms with Crippen molar-refractivity contribution in [3.63, 3.8) is 0 Å². The second-order valence-corrected chi connectivity index (χ2v) is 10.2. The molecule has 0 aromatic heterocycles. The average molecular weight is 570 g/mol. The van der Waals surface area contributed by atoms with Gasteiger partial charge in [-0.1, -0.05) is 41.4 Å². The highest BCUT2D eigenvalue weighted by atomic mass is 35.5. The first kappa shape index (κ1) is 28.3. The molecule has 0 bridgehead atoms. The lowest BCUT2D eigenvalue weighted by molar-refractivity contribution is -0.132. The van der Waals surface area contributed by atoms with Gasteiger partial charge in [0.2, 0.25) is 0 Å². The molecule has 1 atom stereocenters. The number of Topliss-reactive ketones (excluding diaryl/α,β-unsaturated/α-hetero) is 1. The van der Waals surface area contributed by atoms with Gasteiger partial charge < -0.3 is 19.3 Å². The zero-order valence-corrected chi connectivity index (χ0v) is 24.0. The minimum absolute atomic E-state index is 0.0151. The van der Waals surface area contributed by atoms with Gasteiger partial charge in [0.15, 0.2) is 11.5 Å². The van der Waals surface area contributed by atoms with Crippen molar-refractivity contribution in [1.82, 2.24) is 0 Å². The Hall–Kier alpha value is -3.68. The van der Waals surface area contributed by atoms with Gasteiger partial charge in [-0.15, -0.1) is 0 Å². The number of anilines is 1. The Morgan fingerprint density at radius 2 is 1.64 bits per heavy atom. The summed E-state index contributed by atoms with van der Waals surface area (Å²) in [6, 6.07) is 13.0. The number of carbonyl (C=O) groups excluding carboxylic acids is 2. The maximum Gasteiger partial charge on any atom is 0.300 e. The zero-order valence-electron chi connectivity index (χ0n) is 22.5. The van der Waals surface area contributed by atoms with Crippen LogP contribution in [0.15, 0.2) is 54.1 Å². The number of ether oxygens (including phenoxy) is 3. The van der Waals surface area contributed by atoms with Gasteiger partial charge in [-0.3, -0.25) is 14.5 Å². The maximum atomic E-state index is 13.6. The number of aryl methyl sites for hydroxylation is 2. The number of rotatable bonds is 7. The Morgan fingerprint density at radius 1 is 0.949 bits per heavy atom. The van der Waals surface area contributed by atoms with Crippen molar-refractivity contribution in [1.29, 1.82) is 0 Å². The maximum absolute atomic E-state index is 13.6. The van der Waals surface area contributed by atoms with E-state index in [2.05, 4.69) is 0 Å². The van der Waals surface area contributed by atoms with Crippen molar-refractivity contribution in [3.05, 3.63) is 86.4 Å². The first-order valence-corrected chi connectivity index (χ1v) is 13.0.